The van der Waals surface area contributed by atoms with Crippen LogP contribution in [0.5, 0.6) is 0 Å². The minimum Gasteiger partial charge on any atom is -0.260 e. The Kier molecular flexibility index (Phi) is 2.84. The van der Waals surface area contributed by atoms with Crippen molar-refractivity contribution in [2.24, 2.45) is 0 Å². The number of rotatable bonds is 2. The second kappa shape index (κ2) is 4.29. The van der Waals surface area contributed by atoms with Gasteiger partial charge < -0.3 is 0 Å². The molecule has 2 heteroatoms. The van der Waals surface area contributed by atoms with E-state index >= 15 is 0 Å². The zero-order valence-corrected chi connectivity index (χ0v) is 8.79. The van der Waals surface area contributed by atoms with Gasteiger partial charge in [0.2, 0.25) is 0 Å². The van der Waals surface area contributed by atoms with Gasteiger partial charge in [0, 0.05) is 21.7 Å². The highest BCUT2D eigenvalue weighted by Gasteiger charge is 1.95. The molecule has 0 aliphatic heterocycles. The maximum absolute atomic E-state index is 4.25. The number of aryl methyl sites for hydroxylation is 1. The van der Waals surface area contributed by atoms with Crippen LogP contribution in [-0.2, 0) is 0 Å². The molecule has 0 atom stereocenters. The first-order valence-electron chi connectivity index (χ1n) is 4.50. The maximum atomic E-state index is 4.25. The molecule has 0 fully saturated rings. The Morgan fingerprint density at radius 2 is 1.71 bits per heavy atom. The van der Waals surface area contributed by atoms with Gasteiger partial charge in [-0.1, -0.05) is 30.0 Å². The van der Waals surface area contributed by atoms with E-state index in [2.05, 4.69) is 23.2 Å². The summed E-state index contributed by atoms with van der Waals surface area (Å²) in [5.74, 6) is 0. The molecule has 0 N–H and O–H groups in total. The molecular formula is C12H11NS. The van der Waals surface area contributed by atoms with Gasteiger partial charge >= 0.3 is 0 Å². The smallest absolute Gasteiger partial charge is 0.0410 e. The number of hydrogen-bond acceptors (Lipinski definition) is 2. The molecule has 2 rings (SSSR count). The van der Waals surface area contributed by atoms with Gasteiger partial charge in [-0.25, -0.2) is 0 Å². The second-order valence-corrected chi connectivity index (χ2v) is 4.20. The van der Waals surface area contributed by atoms with Crippen molar-refractivity contribution in [3.8, 4) is 0 Å². The monoisotopic (exact) mass is 201 g/mol. The van der Waals surface area contributed by atoms with Crippen LogP contribution >= 0.6 is 11.8 Å². The van der Waals surface area contributed by atoms with Crippen LogP contribution in [0.1, 0.15) is 5.69 Å². The topological polar surface area (TPSA) is 12.9 Å². The lowest BCUT2D eigenvalue weighted by atomic mass is 10.4. The minimum atomic E-state index is 1.06. The standard InChI is InChI=1S/C12H11NS/c1-10-7-8-12(9-13-10)14-11-5-3-2-4-6-11/h2-9H,1H3. The van der Waals surface area contributed by atoms with Gasteiger partial charge in [-0.2, -0.15) is 0 Å². The van der Waals surface area contributed by atoms with Crippen molar-refractivity contribution in [2.75, 3.05) is 0 Å². The van der Waals surface area contributed by atoms with Crippen LogP contribution in [0.25, 0.3) is 0 Å². The quantitative estimate of drug-likeness (QED) is 0.737. The highest BCUT2D eigenvalue weighted by Crippen LogP contribution is 2.26. The van der Waals surface area contributed by atoms with E-state index in [0.717, 1.165) is 5.69 Å². The SMILES string of the molecule is Cc1ccc(Sc2ccccc2)cn1. The first kappa shape index (κ1) is 9.28. The molecule has 0 spiro atoms. The molecule has 1 nitrogen and oxygen atoms in total. The average molecular weight is 201 g/mol. The molecule has 1 aromatic heterocycles. The maximum Gasteiger partial charge on any atom is 0.0410 e. The molecule has 1 heterocycles. The van der Waals surface area contributed by atoms with E-state index in [1.165, 1.54) is 9.79 Å². The normalized spacial score (nSPS) is 10.1. The van der Waals surface area contributed by atoms with E-state index in [1.807, 2.05) is 37.4 Å². The van der Waals surface area contributed by atoms with Crippen molar-refractivity contribution in [3.05, 3.63) is 54.4 Å². The molecule has 0 saturated carbocycles. The minimum absolute atomic E-state index is 1.06. The van der Waals surface area contributed by atoms with Gasteiger partial charge in [-0.15, -0.1) is 0 Å². The first-order chi connectivity index (χ1) is 6.84. The summed E-state index contributed by atoms with van der Waals surface area (Å²) >= 11 is 1.73. The van der Waals surface area contributed by atoms with Crippen LogP contribution in [0.2, 0.25) is 0 Å². The molecule has 0 saturated heterocycles. The van der Waals surface area contributed by atoms with E-state index in [1.54, 1.807) is 11.8 Å². The first-order valence-corrected chi connectivity index (χ1v) is 5.32. The summed E-state index contributed by atoms with van der Waals surface area (Å²) in [4.78, 5) is 6.68. The molecule has 0 bridgehead atoms. The largest absolute Gasteiger partial charge is 0.260 e. The van der Waals surface area contributed by atoms with Crippen LogP contribution in [0.4, 0.5) is 0 Å². The van der Waals surface area contributed by atoms with E-state index < -0.39 is 0 Å². The Morgan fingerprint density at radius 1 is 0.929 bits per heavy atom. The van der Waals surface area contributed by atoms with Crippen molar-refractivity contribution < 1.29 is 0 Å². The average Bonchev–Trinajstić information content (AvgIpc) is 2.23. The number of pyridine rings is 1. The van der Waals surface area contributed by atoms with E-state index in [-0.39, 0.29) is 0 Å². The molecule has 0 unspecified atom stereocenters. The lowest BCUT2D eigenvalue weighted by Gasteiger charge is -2.00. The van der Waals surface area contributed by atoms with Crippen molar-refractivity contribution in [1.29, 1.82) is 0 Å². The molecular weight excluding hydrogens is 190 g/mol. The van der Waals surface area contributed by atoms with Gasteiger partial charge in [0.15, 0.2) is 0 Å². The highest BCUT2D eigenvalue weighted by molar-refractivity contribution is 7.99. The van der Waals surface area contributed by atoms with E-state index in [0.29, 0.717) is 0 Å². The molecule has 2 aromatic rings. The molecule has 70 valence electrons. The molecule has 0 aliphatic rings. The summed E-state index contributed by atoms with van der Waals surface area (Å²) < 4.78 is 0. The number of nitrogens with zero attached hydrogens (tertiary/aromatic N) is 1. The highest BCUT2D eigenvalue weighted by atomic mass is 32.2. The zero-order valence-electron chi connectivity index (χ0n) is 7.97. The summed E-state index contributed by atoms with van der Waals surface area (Å²) in [6, 6.07) is 14.5. The molecule has 0 amide bonds. The summed E-state index contributed by atoms with van der Waals surface area (Å²) in [5, 5.41) is 0. The van der Waals surface area contributed by atoms with Gasteiger partial charge in [-0.3, -0.25) is 4.98 Å². The fourth-order valence-corrected chi connectivity index (χ4v) is 1.95. The summed E-state index contributed by atoms with van der Waals surface area (Å²) in [7, 11) is 0. The van der Waals surface area contributed by atoms with Crippen molar-refractivity contribution >= 4 is 11.8 Å². The van der Waals surface area contributed by atoms with Crippen molar-refractivity contribution in [1.82, 2.24) is 4.98 Å². The zero-order chi connectivity index (χ0) is 9.80. The molecule has 1 aromatic carbocycles. The third kappa shape index (κ3) is 2.36. The fraction of sp³-hybridized carbons (Fsp3) is 0.0833. The fourth-order valence-electron chi connectivity index (χ4n) is 1.14. The summed E-state index contributed by atoms with van der Waals surface area (Å²) in [5.41, 5.74) is 1.06. The van der Waals surface area contributed by atoms with Gasteiger partial charge in [0.25, 0.3) is 0 Å². The Hall–Kier alpha value is -1.28. The summed E-state index contributed by atoms with van der Waals surface area (Å²) in [6.07, 6.45) is 1.91. The Labute approximate surface area is 88.2 Å². The summed E-state index contributed by atoms with van der Waals surface area (Å²) in [6.45, 7) is 2.00. The lowest BCUT2D eigenvalue weighted by Crippen LogP contribution is -1.79. The number of benzene rings is 1. The second-order valence-electron chi connectivity index (χ2n) is 3.05. The third-order valence-corrected chi connectivity index (χ3v) is 2.85. The van der Waals surface area contributed by atoms with Crippen LogP contribution in [-0.4, -0.2) is 4.98 Å². The van der Waals surface area contributed by atoms with Crippen molar-refractivity contribution in [2.45, 2.75) is 16.7 Å². The Bertz CT molecular complexity index is 394. The van der Waals surface area contributed by atoms with Gasteiger partial charge in [-0.05, 0) is 31.2 Å². The van der Waals surface area contributed by atoms with Crippen LogP contribution < -0.4 is 0 Å². The molecule has 0 radical (unpaired) electrons. The van der Waals surface area contributed by atoms with Crippen LogP contribution in [0.15, 0.2) is 58.5 Å². The van der Waals surface area contributed by atoms with E-state index in [4.69, 9.17) is 0 Å². The van der Waals surface area contributed by atoms with Crippen molar-refractivity contribution in [3.63, 3.8) is 0 Å². The van der Waals surface area contributed by atoms with Gasteiger partial charge in [0.1, 0.15) is 0 Å². The predicted molar refractivity (Wildman–Crippen MR) is 59.5 cm³/mol. The lowest BCUT2D eigenvalue weighted by molar-refractivity contribution is 1.15. The third-order valence-electron chi connectivity index (χ3n) is 1.86. The Balaban J connectivity index is 2.16. The predicted octanol–water partition coefficient (Wildman–Crippen LogP) is 3.54. The van der Waals surface area contributed by atoms with Crippen LogP contribution in [0.3, 0.4) is 0 Å². The number of hydrogen-bond donors (Lipinski definition) is 0. The van der Waals surface area contributed by atoms with Crippen LogP contribution in [0, 0.1) is 6.92 Å². The van der Waals surface area contributed by atoms with E-state index in [9.17, 15) is 0 Å². The Morgan fingerprint density at radius 3 is 2.36 bits per heavy atom. The van der Waals surface area contributed by atoms with Gasteiger partial charge in [0.05, 0.1) is 0 Å². The molecule has 14 heavy (non-hydrogen) atoms. The molecule has 0 aliphatic carbocycles. The number of aromatic nitrogens is 1.